The number of carbonyl (C=O) groups is 4. The Morgan fingerprint density at radius 3 is 2.30 bits per heavy atom. The molecule has 0 saturated heterocycles. The molecule has 10 heteroatoms. The van der Waals surface area contributed by atoms with E-state index in [4.69, 9.17) is 0 Å². The summed E-state index contributed by atoms with van der Waals surface area (Å²) in [4.78, 5) is 47.8. The lowest BCUT2D eigenvalue weighted by molar-refractivity contribution is -0.130. The van der Waals surface area contributed by atoms with Crippen molar-refractivity contribution in [3.8, 4) is 0 Å². The molecule has 0 aliphatic carbocycles. The highest BCUT2D eigenvalue weighted by atomic mass is 16.2. The quantitative estimate of drug-likeness (QED) is 0.574. The number of rotatable bonds is 6. The van der Waals surface area contributed by atoms with E-state index in [0.29, 0.717) is 13.0 Å². The first kappa shape index (κ1) is 21.7. The molecular weight excluding hydrogens is 352 g/mol. The fourth-order valence-electron chi connectivity index (χ4n) is 1.96. The maximum Gasteiger partial charge on any atom is 0.381 e. The molecule has 1 rings (SSSR count). The summed E-state index contributed by atoms with van der Waals surface area (Å²) >= 11 is 0. The van der Waals surface area contributed by atoms with Crippen LogP contribution in [0.4, 0.5) is 9.59 Å². The average molecular weight is 376 g/mol. The molecule has 0 fully saturated rings. The number of hydrogen-bond acceptors (Lipinski definition) is 4. The molecule has 10 nitrogen and oxygen atoms in total. The molecule has 0 aliphatic heterocycles. The first-order valence-corrected chi connectivity index (χ1v) is 8.32. The van der Waals surface area contributed by atoms with Crippen LogP contribution in [0.1, 0.15) is 18.9 Å². The van der Waals surface area contributed by atoms with Crippen molar-refractivity contribution in [2.45, 2.75) is 19.8 Å². The molecule has 0 atom stereocenters. The van der Waals surface area contributed by atoms with Crippen molar-refractivity contribution in [1.29, 1.82) is 0 Å². The van der Waals surface area contributed by atoms with E-state index >= 15 is 0 Å². The number of azo groups is 1. The summed E-state index contributed by atoms with van der Waals surface area (Å²) in [6.07, 6.45) is 0.596. The van der Waals surface area contributed by atoms with E-state index in [0.717, 1.165) is 10.6 Å². The molecular formula is C17H24N6O4. The highest BCUT2D eigenvalue weighted by Crippen LogP contribution is 1.99. The Balaban J connectivity index is 2.50. The average Bonchev–Trinajstić information content (AvgIpc) is 2.63. The van der Waals surface area contributed by atoms with Gasteiger partial charge in [0, 0.05) is 34.0 Å². The largest absolute Gasteiger partial charge is 0.381 e. The minimum absolute atomic E-state index is 0.0161. The van der Waals surface area contributed by atoms with Crippen molar-refractivity contribution in [2.24, 2.45) is 10.2 Å². The van der Waals surface area contributed by atoms with Crippen LogP contribution in [0.3, 0.4) is 0 Å². The fraction of sp³-hybridized carbons (Fsp3) is 0.412. The van der Waals surface area contributed by atoms with Crippen LogP contribution >= 0.6 is 0 Å². The number of amides is 6. The van der Waals surface area contributed by atoms with Crippen molar-refractivity contribution in [3.63, 3.8) is 0 Å². The highest BCUT2D eigenvalue weighted by molar-refractivity contribution is 5.83. The molecule has 1 aromatic rings. The van der Waals surface area contributed by atoms with Crippen molar-refractivity contribution in [2.75, 3.05) is 27.2 Å². The number of hydrazine groups is 1. The topological polar surface area (TPSA) is 124 Å². The van der Waals surface area contributed by atoms with Crippen molar-refractivity contribution < 1.29 is 19.2 Å². The van der Waals surface area contributed by atoms with E-state index in [-0.39, 0.29) is 18.9 Å². The molecule has 146 valence electrons. The van der Waals surface area contributed by atoms with Crippen LogP contribution in [0.15, 0.2) is 40.6 Å². The second kappa shape index (κ2) is 11.3. The van der Waals surface area contributed by atoms with Crippen LogP contribution in [0, 0.1) is 0 Å². The molecule has 0 spiro atoms. The zero-order chi connectivity index (χ0) is 20.2. The predicted octanol–water partition coefficient (Wildman–Crippen LogP) is 1.34. The predicted molar refractivity (Wildman–Crippen MR) is 97.6 cm³/mol. The smallest absolute Gasteiger partial charge is 0.349 e. The molecule has 0 aliphatic rings. The zero-order valence-corrected chi connectivity index (χ0v) is 15.6. The van der Waals surface area contributed by atoms with Crippen LogP contribution in [0.2, 0.25) is 0 Å². The van der Waals surface area contributed by atoms with Gasteiger partial charge in [-0.2, -0.15) is 0 Å². The third kappa shape index (κ3) is 9.10. The van der Waals surface area contributed by atoms with Crippen LogP contribution in [-0.4, -0.2) is 61.0 Å². The van der Waals surface area contributed by atoms with Gasteiger partial charge in [-0.05, 0) is 12.0 Å². The van der Waals surface area contributed by atoms with E-state index in [1.165, 1.54) is 11.8 Å². The Hall–Kier alpha value is -3.30. The van der Waals surface area contributed by atoms with E-state index in [1.54, 1.807) is 14.1 Å². The van der Waals surface area contributed by atoms with Gasteiger partial charge in [-0.15, -0.1) is 0 Å². The van der Waals surface area contributed by atoms with Crippen LogP contribution < -0.4 is 10.7 Å². The maximum atomic E-state index is 12.0. The molecule has 1 aromatic carbocycles. The van der Waals surface area contributed by atoms with Crippen LogP contribution in [-0.2, 0) is 16.0 Å². The Morgan fingerprint density at radius 2 is 1.70 bits per heavy atom. The van der Waals surface area contributed by atoms with Crippen molar-refractivity contribution in [3.05, 3.63) is 35.9 Å². The van der Waals surface area contributed by atoms with Crippen molar-refractivity contribution >= 4 is 23.9 Å². The summed E-state index contributed by atoms with van der Waals surface area (Å²) in [6, 6.07) is 7.82. The highest BCUT2D eigenvalue weighted by Gasteiger charge is 2.17. The van der Waals surface area contributed by atoms with Crippen LogP contribution in [0.25, 0.3) is 0 Å². The zero-order valence-electron chi connectivity index (χ0n) is 15.6. The number of benzene rings is 1. The number of urea groups is 2. The summed E-state index contributed by atoms with van der Waals surface area (Å²) in [5.74, 6) is -0.739. The molecule has 27 heavy (non-hydrogen) atoms. The molecule has 0 heterocycles. The van der Waals surface area contributed by atoms with Crippen molar-refractivity contribution in [1.82, 2.24) is 20.7 Å². The Bertz CT molecular complexity index is 690. The van der Waals surface area contributed by atoms with E-state index in [1.807, 2.05) is 30.3 Å². The van der Waals surface area contributed by atoms with Gasteiger partial charge < -0.3 is 10.2 Å². The molecule has 6 amide bonds. The standard InChI is InChI=1S/C17H24N6O4/c1-13(24)21-23(12-10-15(25)22(2)3)17(27)20-19-16(26)18-11-9-14-7-5-4-6-8-14/h4-8H,9-12H2,1-3H3,(H,18,26)(H,21,24)/b20-19+. The summed E-state index contributed by atoms with van der Waals surface area (Å²) in [5.41, 5.74) is 3.30. The maximum absolute atomic E-state index is 12.0. The van der Waals surface area contributed by atoms with Gasteiger partial charge in [-0.25, -0.2) is 14.6 Å². The van der Waals surface area contributed by atoms with Gasteiger partial charge in [-0.3, -0.25) is 15.0 Å². The fourth-order valence-corrected chi connectivity index (χ4v) is 1.96. The van der Waals surface area contributed by atoms with Gasteiger partial charge in [0.1, 0.15) is 0 Å². The minimum Gasteiger partial charge on any atom is -0.349 e. The SMILES string of the molecule is CC(=O)NN(CCC(=O)N(C)C)C(=O)/N=N/C(=O)NCCc1ccccc1. The van der Waals surface area contributed by atoms with E-state index < -0.39 is 18.0 Å². The first-order chi connectivity index (χ1) is 12.8. The van der Waals surface area contributed by atoms with E-state index in [2.05, 4.69) is 21.0 Å². The summed E-state index contributed by atoms with van der Waals surface area (Å²) in [5, 5.41) is 9.92. The summed E-state index contributed by atoms with van der Waals surface area (Å²) < 4.78 is 0. The first-order valence-electron chi connectivity index (χ1n) is 8.32. The third-order valence-corrected chi connectivity index (χ3v) is 3.33. The molecule has 0 aromatic heterocycles. The normalized spacial score (nSPS) is 10.3. The minimum atomic E-state index is -0.949. The number of hydrogen-bond donors (Lipinski definition) is 2. The van der Waals surface area contributed by atoms with Gasteiger partial charge in [0.25, 0.3) is 0 Å². The van der Waals surface area contributed by atoms with Gasteiger partial charge in [0.15, 0.2) is 0 Å². The van der Waals surface area contributed by atoms with Gasteiger partial charge in [0.05, 0.1) is 6.54 Å². The third-order valence-electron chi connectivity index (χ3n) is 3.33. The van der Waals surface area contributed by atoms with Gasteiger partial charge >= 0.3 is 12.1 Å². The van der Waals surface area contributed by atoms with Gasteiger partial charge in [-0.1, -0.05) is 40.6 Å². The Morgan fingerprint density at radius 1 is 1.04 bits per heavy atom. The van der Waals surface area contributed by atoms with Crippen LogP contribution in [0.5, 0.6) is 0 Å². The molecule has 0 radical (unpaired) electrons. The molecule has 2 N–H and O–H groups in total. The second-order valence-corrected chi connectivity index (χ2v) is 5.81. The lowest BCUT2D eigenvalue weighted by atomic mass is 10.1. The summed E-state index contributed by atoms with van der Waals surface area (Å²) in [7, 11) is 3.15. The van der Waals surface area contributed by atoms with E-state index in [9.17, 15) is 19.2 Å². The number of carbonyl (C=O) groups excluding carboxylic acids is 4. The van der Waals surface area contributed by atoms with Gasteiger partial charge in [0.2, 0.25) is 11.8 Å². The molecule has 0 saturated carbocycles. The number of nitrogens with one attached hydrogen (secondary N) is 2. The Kier molecular flexibility index (Phi) is 9.13. The lowest BCUT2D eigenvalue weighted by Crippen LogP contribution is -2.45. The molecule has 0 bridgehead atoms. The second-order valence-electron chi connectivity index (χ2n) is 5.81. The lowest BCUT2D eigenvalue weighted by Gasteiger charge is -2.20. The summed E-state index contributed by atoms with van der Waals surface area (Å²) in [6.45, 7) is 1.45. The number of nitrogens with zero attached hydrogens (tertiary/aromatic N) is 4. The monoisotopic (exact) mass is 376 g/mol. The molecule has 0 unspecified atom stereocenters. The Labute approximate surface area is 157 Å².